The van der Waals surface area contributed by atoms with Crippen molar-refractivity contribution in [2.45, 2.75) is 29.6 Å². The number of likely N-dealkylation sites (tertiary alicyclic amines) is 1. The fourth-order valence-electron chi connectivity index (χ4n) is 3.49. The number of rotatable bonds is 10. The number of nitrogens with one attached hydrogen (secondary N) is 2. The third-order valence-corrected chi connectivity index (χ3v) is 7.05. The van der Waals surface area contributed by atoms with Gasteiger partial charge in [0, 0.05) is 37.5 Å². The quantitative estimate of drug-likeness (QED) is 0.258. The second-order valence-corrected chi connectivity index (χ2v) is 9.15. The van der Waals surface area contributed by atoms with Gasteiger partial charge in [0.1, 0.15) is 10.1 Å². The summed E-state index contributed by atoms with van der Waals surface area (Å²) in [5.74, 6) is 2.82. The molecule has 1 saturated heterocycles. The molecule has 29 heavy (non-hydrogen) atoms. The molecule has 2 heterocycles. The van der Waals surface area contributed by atoms with Crippen LogP contribution in [-0.4, -0.2) is 61.9 Å². The first-order valence-electron chi connectivity index (χ1n) is 10.1. The molecule has 1 unspecified atom stereocenters. The van der Waals surface area contributed by atoms with Gasteiger partial charge in [0.2, 0.25) is 0 Å². The number of benzene rings is 1. The summed E-state index contributed by atoms with van der Waals surface area (Å²) >= 11 is 3.51. The van der Waals surface area contributed by atoms with Gasteiger partial charge in [0.15, 0.2) is 5.96 Å². The standard InChI is InChI=1S/C21H31N5OS2/c1-22-20(23-9-6-13-28-21-24-10-14-29-21)25-16-19(26-11-3-4-12-26)17-7-5-8-18(15-17)27-2/h5,7-8,10,14-15,19H,3-4,6,9,11-13,16H2,1-2H3,(H2,22,23,25). The normalized spacial score (nSPS) is 16.0. The summed E-state index contributed by atoms with van der Waals surface area (Å²) in [6.07, 6.45) is 5.46. The highest BCUT2D eigenvalue weighted by Gasteiger charge is 2.24. The van der Waals surface area contributed by atoms with Crippen LogP contribution in [0.25, 0.3) is 0 Å². The highest BCUT2D eigenvalue weighted by atomic mass is 32.2. The van der Waals surface area contributed by atoms with Crippen molar-refractivity contribution in [3.8, 4) is 5.75 Å². The predicted octanol–water partition coefficient (Wildman–Crippen LogP) is 3.64. The average Bonchev–Trinajstić information content (AvgIpc) is 3.47. The van der Waals surface area contributed by atoms with E-state index in [1.807, 2.05) is 36.5 Å². The van der Waals surface area contributed by atoms with Gasteiger partial charge in [-0.3, -0.25) is 9.89 Å². The molecule has 1 aromatic heterocycles. The van der Waals surface area contributed by atoms with Gasteiger partial charge in [0.25, 0.3) is 0 Å². The van der Waals surface area contributed by atoms with Crippen molar-refractivity contribution in [3.63, 3.8) is 0 Å². The van der Waals surface area contributed by atoms with Crippen LogP contribution in [-0.2, 0) is 0 Å². The summed E-state index contributed by atoms with van der Waals surface area (Å²) in [6.45, 7) is 4.00. The fraction of sp³-hybridized carbons (Fsp3) is 0.524. The van der Waals surface area contributed by atoms with E-state index in [0.717, 1.165) is 54.4 Å². The second kappa shape index (κ2) is 12.0. The SMILES string of the molecule is CN=C(NCCCSc1nccs1)NCC(c1cccc(OC)c1)N1CCCC1. The summed E-state index contributed by atoms with van der Waals surface area (Å²) in [7, 11) is 3.55. The number of methoxy groups -OCH3 is 1. The Morgan fingerprint density at radius 2 is 2.21 bits per heavy atom. The maximum absolute atomic E-state index is 5.44. The molecule has 158 valence electrons. The molecule has 2 N–H and O–H groups in total. The number of thioether (sulfide) groups is 1. The van der Waals surface area contributed by atoms with Crippen LogP contribution in [0, 0.1) is 0 Å². The van der Waals surface area contributed by atoms with Crippen molar-refractivity contribution in [1.29, 1.82) is 0 Å². The van der Waals surface area contributed by atoms with Gasteiger partial charge >= 0.3 is 0 Å². The lowest BCUT2D eigenvalue weighted by molar-refractivity contribution is 0.245. The van der Waals surface area contributed by atoms with Crippen LogP contribution in [0.15, 0.2) is 45.2 Å². The minimum atomic E-state index is 0.312. The van der Waals surface area contributed by atoms with E-state index in [9.17, 15) is 0 Å². The Labute approximate surface area is 182 Å². The first kappa shape index (κ1) is 21.9. The molecule has 1 fully saturated rings. The molecule has 8 heteroatoms. The Morgan fingerprint density at radius 3 is 2.93 bits per heavy atom. The number of nitrogens with zero attached hydrogens (tertiary/aromatic N) is 3. The Balaban J connectivity index is 1.49. The van der Waals surface area contributed by atoms with Gasteiger partial charge in [-0.05, 0) is 50.0 Å². The number of guanidine groups is 1. The van der Waals surface area contributed by atoms with Crippen LogP contribution in [0.2, 0.25) is 0 Å². The van der Waals surface area contributed by atoms with Gasteiger partial charge in [-0.1, -0.05) is 23.9 Å². The molecule has 0 saturated carbocycles. The number of hydrogen-bond acceptors (Lipinski definition) is 6. The molecule has 2 aromatic rings. The summed E-state index contributed by atoms with van der Waals surface area (Å²) in [4.78, 5) is 11.3. The molecule has 1 aromatic carbocycles. The molecule has 0 aliphatic carbocycles. The van der Waals surface area contributed by atoms with Crippen molar-refractivity contribution >= 4 is 29.1 Å². The van der Waals surface area contributed by atoms with Gasteiger partial charge in [-0.15, -0.1) is 11.3 Å². The Hall–Kier alpha value is -1.77. The van der Waals surface area contributed by atoms with E-state index < -0.39 is 0 Å². The third kappa shape index (κ3) is 6.90. The molecule has 0 amide bonds. The van der Waals surface area contributed by atoms with E-state index in [-0.39, 0.29) is 0 Å². The Bertz CT molecular complexity index is 747. The molecule has 0 radical (unpaired) electrons. The van der Waals surface area contributed by atoms with Crippen molar-refractivity contribution in [2.75, 3.05) is 46.1 Å². The molecule has 1 aliphatic heterocycles. The van der Waals surface area contributed by atoms with E-state index in [1.54, 1.807) is 18.4 Å². The van der Waals surface area contributed by atoms with Gasteiger partial charge in [0.05, 0.1) is 13.2 Å². The minimum absolute atomic E-state index is 0.312. The number of ether oxygens (including phenoxy) is 1. The van der Waals surface area contributed by atoms with Gasteiger partial charge < -0.3 is 15.4 Å². The zero-order valence-corrected chi connectivity index (χ0v) is 18.9. The summed E-state index contributed by atoms with van der Waals surface area (Å²) in [6, 6.07) is 8.73. The summed E-state index contributed by atoms with van der Waals surface area (Å²) in [5, 5.41) is 8.98. The van der Waals surface area contributed by atoms with Crippen LogP contribution in [0.3, 0.4) is 0 Å². The fourth-order valence-corrected chi connectivity index (χ4v) is 5.14. The summed E-state index contributed by atoms with van der Waals surface area (Å²) in [5.41, 5.74) is 1.29. The number of thiazole rings is 1. The topological polar surface area (TPSA) is 61.8 Å². The van der Waals surface area contributed by atoms with Crippen molar-refractivity contribution in [2.24, 2.45) is 4.99 Å². The first-order chi connectivity index (χ1) is 14.3. The largest absolute Gasteiger partial charge is 0.497 e. The molecular weight excluding hydrogens is 402 g/mol. The molecule has 0 bridgehead atoms. The third-order valence-electron chi connectivity index (χ3n) is 5.00. The van der Waals surface area contributed by atoms with Crippen LogP contribution < -0.4 is 15.4 Å². The smallest absolute Gasteiger partial charge is 0.191 e. The Kier molecular flexibility index (Phi) is 9.11. The Morgan fingerprint density at radius 1 is 1.34 bits per heavy atom. The minimum Gasteiger partial charge on any atom is -0.497 e. The van der Waals surface area contributed by atoms with Crippen molar-refractivity contribution in [3.05, 3.63) is 41.4 Å². The average molecular weight is 434 g/mol. The lowest BCUT2D eigenvalue weighted by atomic mass is 10.1. The maximum atomic E-state index is 5.44. The highest BCUT2D eigenvalue weighted by molar-refractivity contribution is 8.00. The highest BCUT2D eigenvalue weighted by Crippen LogP contribution is 2.27. The summed E-state index contributed by atoms with van der Waals surface area (Å²) < 4.78 is 6.57. The van der Waals surface area contributed by atoms with Crippen LogP contribution in [0.5, 0.6) is 5.75 Å². The van der Waals surface area contributed by atoms with E-state index in [1.165, 1.54) is 18.4 Å². The van der Waals surface area contributed by atoms with E-state index in [2.05, 4.69) is 43.7 Å². The molecule has 0 spiro atoms. The van der Waals surface area contributed by atoms with E-state index >= 15 is 0 Å². The predicted molar refractivity (Wildman–Crippen MR) is 123 cm³/mol. The molecular formula is C21H31N5OS2. The monoisotopic (exact) mass is 433 g/mol. The van der Waals surface area contributed by atoms with E-state index in [0.29, 0.717) is 6.04 Å². The number of aromatic nitrogens is 1. The van der Waals surface area contributed by atoms with E-state index in [4.69, 9.17) is 4.74 Å². The van der Waals surface area contributed by atoms with Crippen molar-refractivity contribution in [1.82, 2.24) is 20.5 Å². The zero-order valence-electron chi connectivity index (χ0n) is 17.3. The molecule has 1 aliphatic rings. The lowest BCUT2D eigenvalue weighted by Crippen LogP contribution is -2.43. The van der Waals surface area contributed by atoms with Crippen LogP contribution in [0.1, 0.15) is 30.9 Å². The van der Waals surface area contributed by atoms with Gasteiger partial charge in [-0.25, -0.2) is 4.98 Å². The van der Waals surface area contributed by atoms with Crippen LogP contribution >= 0.6 is 23.1 Å². The van der Waals surface area contributed by atoms with Crippen molar-refractivity contribution < 1.29 is 4.74 Å². The van der Waals surface area contributed by atoms with Crippen LogP contribution in [0.4, 0.5) is 0 Å². The molecule has 1 atom stereocenters. The first-order valence-corrected chi connectivity index (χ1v) is 12.0. The maximum Gasteiger partial charge on any atom is 0.191 e. The lowest BCUT2D eigenvalue weighted by Gasteiger charge is -2.29. The van der Waals surface area contributed by atoms with Gasteiger partial charge in [-0.2, -0.15) is 0 Å². The second-order valence-electron chi connectivity index (χ2n) is 6.92. The number of aliphatic imine (C=N–C) groups is 1. The molecule has 3 rings (SSSR count). The zero-order chi connectivity index (χ0) is 20.3. The molecule has 6 nitrogen and oxygen atoms in total. The number of hydrogen-bond donors (Lipinski definition) is 2.